The lowest BCUT2D eigenvalue weighted by Gasteiger charge is -2.13. The molecule has 0 bridgehead atoms. The van der Waals surface area contributed by atoms with Gasteiger partial charge in [-0.05, 0) is 43.5 Å². The molecule has 0 heterocycles. The van der Waals surface area contributed by atoms with Gasteiger partial charge >= 0.3 is 0 Å². The van der Waals surface area contributed by atoms with Crippen LogP contribution in [0.1, 0.15) is 50.2 Å². The van der Waals surface area contributed by atoms with Crippen LogP contribution in [0, 0.1) is 13.8 Å². The van der Waals surface area contributed by atoms with Crippen LogP contribution >= 0.6 is 0 Å². The van der Waals surface area contributed by atoms with Gasteiger partial charge in [0.15, 0.2) is 0 Å². The molecule has 0 radical (unpaired) electrons. The molecule has 0 aliphatic carbocycles. The van der Waals surface area contributed by atoms with Gasteiger partial charge in [0, 0.05) is 12.1 Å². The monoisotopic (exact) mass is 312 g/mol. The van der Waals surface area contributed by atoms with Crippen LogP contribution in [0.5, 0.6) is 0 Å². The highest BCUT2D eigenvalue weighted by Crippen LogP contribution is 2.24. The van der Waals surface area contributed by atoms with E-state index >= 15 is 0 Å². The van der Waals surface area contributed by atoms with Gasteiger partial charge in [-0.2, -0.15) is 0 Å². The van der Waals surface area contributed by atoms with E-state index in [9.17, 15) is 13.2 Å². The quantitative estimate of drug-likeness (QED) is 0.759. The fourth-order valence-corrected chi connectivity index (χ4v) is 2.88. The standard InChI is InChI=1S/C15H24N2O3S/c1-4-5-6-7-8-14(18)17-15-11(2)9-13(10-12(15)3)21(16,19)20/h9-10H,4-8H2,1-3H3,(H,17,18)(H2,16,19,20). The third-order valence-corrected chi connectivity index (χ3v) is 4.25. The Balaban J connectivity index is 2.78. The van der Waals surface area contributed by atoms with Gasteiger partial charge in [-0.25, -0.2) is 13.6 Å². The summed E-state index contributed by atoms with van der Waals surface area (Å²) >= 11 is 0. The maximum atomic E-state index is 11.9. The van der Waals surface area contributed by atoms with E-state index in [1.165, 1.54) is 12.1 Å². The predicted molar refractivity (Wildman–Crippen MR) is 84.7 cm³/mol. The summed E-state index contributed by atoms with van der Waals surface area (Å²) in [6.45, 7) is 5.64. The Kier molecular flexibility index (Phi) is 6.36. The first-order chi connectivity index (χ1) is 9.75. The number of nitrogens with two attached hydrogens (primary N) is 1. The smallest absolute Gasteiger partial charge is 0.238 e. The Morgan fingerprint density at radius 1 is 1.14 bits per heavy atom. The van der Waals surface area contributed by atoms with Crippen molar-refractivity contribution in [1.29, 1.82) is 0 Å². The highest BCUT2D eigenvalue weighted by Gasteiger charge is 2.14. The number of primary sulfonamides is 1. The van der Waals surface area contributed by atoms with Crippen LogP contribution < -0.4 is 10.5 Å². The molecule has 0 unspecified atom stereocenters. The molecule has 1 aromatic rings. The Labute approximate surface area is 127 Å². The molecule has 0 aliphatic heterocycles. The second-order valence-electron chi connectivity index (χ2n) is 5.34. The van der Waals surface area contributed by atoms with Crippen LogP contribution in [0.4, 0.5) is 5.69 Å². The minimum absolute atomic E-state index is 0.0411. The molecule has 0 atom stereocenters. The number of carbonyl (C=O) groups is 1. The summed E-state index contributed by atoms with van der Waals surface area (Å²) in [7, 11) is -3.73. The Hall–Kier alpha value is -1.40. The molecule has 118 valence electrons. The summed E-state index contributed by atoms with van der Waals surface area (Å²) in [6, 6.07) is 2.96. The number of sulfonamides is 1. The molecular weight excluding hydrogens is 288 g/mol. The van der Waals surface area contributed by atoms with Gasteiger partial charge in [-0.1, -0.05) is 26.2 Å². The maximum Gasteiger partial charge on any atom is 0.238 e. The van der Waals surface area contributed by atoms with Crippen molar-refractivity contribution in [3.63, 3.8) is 0 Å². The number of anilines is 1. The molecular formula is C15H24N2O3S. The van der Waals surface area contributed by atoms with Crippen LogP contribution in [0.2, 0.25) is 0 Å². The Morgan fingerprint density at radius 3 is 2.19 bits per heavy atom. The molecule has 0 fully saturated rings. The number of amides is 1. The average molecular weight is 312 g/mol. The van der Waals surface area contributed by atoms with E-state index in [1.807, 2.05) is 0 Å². The summed E-state index contributed by atoms with van der Waals surface area (Å²) in [4.78, 5) is 12.0. The molecule has 21 heavy (non-hydrogen) atoms. The van der Waals surface area contributed by atoms with E-state index in [2.05, 4.69) is 12.2 Å². The van der Waals surface area contributed by atoms with Crippen LogP contribution in [-0.2, 0) is 14.8 Å². The normalized spacial score (nSPS) is 11.4. The van der Waals surface area contributed by atoms with Crippen LogP contribution in [0.3, 0.4) is 0 Å². The van der Waals surface area contributed by atoms with Crippen LogP contribution in [-0.4, -0.2) is 14.3 Å². The lowest BCUT2D eigenvalue weighted by molar-refractivity contribution is -0.116. The molecule has 0 saturated carbocycles. The van der Waals surface area contributed by atoms with Gasteiger partial charge in [-0.15, -0.1) is 0 Å². The van der Waals surface area contributed by atoms with Crippen molar-refractivity contribution in [3.8, 4) is 0 Å². The van der Waals surface area contributed by atoms with Crippen molar-refractivity contribution in [2.24, 2.45) is 5.14 Å². The van der Waals surface area contributed by atoms with Gasteiger partial charge in [0.1, 0.15) is 0 Å². The van der Waals surface area contributed by atoms with E-state index in [1.54, 1.807) is 13.8 Å². The fourth-order valence-electron chi connectivity index (χ4n) is 2.20. The predicted octanol–water partition coefficient (Wildman–Crippen LogP) is 2.86. The number of benzene rings is 1. The van der Waals surface area contributed by atoms with E-state index in [0.29, 0.717) is 23.2 Å². The van der Waals surface area contributed by atoms with Crippen molar-refractivity contribution < 1.29 is 13.2 Å². The molecule has 0 aliphatic rings. The first-order valence-corrected chi connectivity index (χ1v) is 8.74. The highest BCUT2D eigenvalue weighted by atomic mass is 32.2. The van der Waals surface area contributed by atoms with Gasteiger partial charge in [-0.3, -0.25) is 4.79 Å². The van der Waals surface area contributed by atoms with Crippen molar-refractivity contribution >= 4 is 21.6 Å². The SMILES string of the molecule is CCCCCCC(=O)Nc1c(C)cc(S(N)(=O)=O)cc1C. The summed E-state index contributed by atoms with van der Waals surface area (Å²) in [5.41, 5.74) is 2.06. The van der Waals surface area contributed by atoms with Gasteiger partial charge in [0.2, 0.25) is 15.9 Å². The van der Waals surface area contributed by atoms with E-state index in [0.717, 1.165) is 25.7 Å². The summed E-state index contributed by atoms with van der Waals surface area (Å²) in [5, 5.41) is 7.98. The number of hydrogen-bond acceptors (Lipinski definition) is 3. The molecule has 0 saturated heterocycles. The number of nitrogens with one attached hydrogen (secondary N) is 1. The second-order valence-corrected chi connectivity index (χ2v) is 6.90. The Bertz CT molecular complexity index is 586. The minimum atomic E-state index is -3.73. The zero-order valence-electron chi connectivity index (χ0n) is 12.9. The van der Waals surface area contributed by atoms with E-state index in [4.69, 9.17) is 5.14 Å². The first kappa shape index (κ1) is 17.7. The van der Waals surface area contributed by atoms with Gasteiger partial charge < -0.3 is 5.32 Å². The van der Waals surface area contributed by atoms with Crippen molar-refractivity contribution in [2.75, 3.05) is 5.32 Å². The third-order valence-electron chi connectivity index (χ3n) is 3.36. The molecule has 1 rings (SSSR count). The van der Waals surface area contributed by atoms with E-state index in [-0.39, 0.29) is 10.8 Å². The molecule has 1 aromatic carbocycles. The first-order valence-electron chi connectivity index (χ1n) is 7.19. The lowest BCUT2D eigenvalue weighted by atomic mass is 10.1. The zero-order valence-corrected chi connectivity index (χ0v) is 13.7. The van der Waals surface area contributed by atoms with Gasteiger partial charge in [0.05, 0.1) is 4.90 Å². The third kappa shape index (κ3) is 5.47. The largest absolute Gasteiger partial charge is 0.326 e. The minimum Gasteiger partial charge on any atom is -0.326 e. The Morgan fingerprint density at radius 2 is 1.71 bits per heavy atom. The highest BCUT2D eigenvalue weighted by molar-refractivity contribution is 7.89. The fraction of sp³-hybridized carbons (Fsp3) is 0.533. The molecule has 0 aromatic heterocycles. The van der Waals surface area contributed by atoms with Crippen LogP contribution in [0.25, 0.3) is 0 Å². The van der Waals surface area contributed by atoms with Crippen molar-refractivity contribution in [2.45, 2.75) is 57.8 Å². The molecule has 5 nitrogen and oxygen atoms in total. The lowest BCUT2D eigenvalue weighted by Crippen LogP contribution is -2.16. The number of unbranched alkanes of at least 4 members (excludes halogenated alkanes) is 3. The maximum absolute atomic E-state index is 11.9. The van der Waals surface area contributed by atoms with E-state index < -0.39 is 10.0 Å². The van der Waals surface area contributed by atoms with Crippen molar-refractivity contribution in [3.05, 3.63) is 23.3 Å². The molecule has 1 amide bonds. The summed E-state index contributed by atoms with van der Waals surface area (Å²) in [6.07, 6.45) is 4.67. The van der Waals surface area contributed by atoms with Gasteiger partial charge in [0.25, 0.3) is 0 Å². The summed E-state index contributed by atoms with van der Waals surface area (Å²) in [5.74, 6) is -0.0411. The summed E-state index contributed by atoms with van der Waals surface area (Å²) < 4.78 is 22.7. The van der Waals surface area contributed by atoms with Crippen molar-refractivity contribution in [1.82, 2.24) is 0 Å². The number of aryl methyl sites for hydroxylation is 2. The molecule has 0 spiro atoms. The molecule has 3 N–H and O–H groups in total. The zero-order chi connectivity index (χ0) is 16.0. The second kappa shape index (κ2) is 7.56. The van der Waals surface area contributed by atoms with Crippen LogP contribution in [0.15, 0.2) is 17.0 Å². The topological polar surface area (TPSA) is 89.3 Å². The number of carbonyl (C=O) groups excluding carboxylic acids is 1. The molecule has 6 heteroatoms. The average Bonchev–Trinajstić information content (AvgIpc) is 2.37. The number of rotatable bonds is 7. The number of hydrogen-bond donors (Lipinski definition) is 2.